The van der Waals surface area contributed by atoms with Gasteiger partial charge in [0.15, 0.2) is 5.69 Å². The van der Waals surface area contributed by atoms with Gasteiger partial charge in [-0.05, 0) is 19.1 Å². The number of esters is 1. The molecule has 0 amide bonds. The summed E-state index contributed by atoms with van der Waals surface area (Å²) in [6.07, 6.45) is 2.70. The fourth-order valence-corrected chi connectivity index (χ4v) is 1.58. The van der Waals surface area contributed by atoms with Gasteiger partial charge in [-0.1, -0.05) is 0 Å². The van der Waals surface area contributed by atoms with Gasteiger partial charge in [0.05, 0.1) is 18.4 Å². The molecule has 0 aliphatic rings. The third-order valence-electron chi connectivity index (χ3n) is 2.54. The molecule has 2 heterocycles. The summed E-state index contributed by atoms with van der Waals surface area (Å²) in [5.41, 5.74) is 0.788. The van der Waals surface area contributed by atoms with Crippen LogP contribution in [0.15, 0.2) is 24.7 Å². The first-order chi connectivity index (χ1) is 9.02. The number of carboxylic acid groups (broad SMARTS) is 1. The molecule has 7 nitrogen and oxygen atoms in total. The van der Waals surface area contributed by atoms with Gasteiger partial charge in [0.2, 0.25) is 0 Å². The lowest BCUT2D eigenvalue weighted by atomic mass is 10.2. The summed E-state index contributed by atoms with van der Waals surface area (Å²) in [7, 11) is 1.30. The maximum atomic E-state index is 11.4. The van der Waals surface area contributed by atoms with Gasteiger partial charge in [-0.15, -0.1) is 0 Å². The molecule has 2 rings (SSSR count). The number of methoxy groups -OCH3 is 1. The van der Waals surface area contributed by atoms with Crippen LogP contribution < -0.4 is 0 Å². The van der Waals surface area contributed by atoms with Crippen LogP contribution >= 0.6 is 0 Å². The Balaban J connectivity index is 2.38. The zero-order valence-electron chi connectivity index (χ0n) is 10.3. The number of ether oxygens (including phenoxy) is 1. The van der Waals surface area contributed by atoms with Crippen molar-refractivity contribution >= 4 is 11.9 Å². The molecular weight excluding hydrogens is 250 g/mol. The number of hydrogen-bond acceptors (Lipinski definition) is 5. The van der Waals surface area contributed by atoms with Crippen LogP contribution in [-0.4, -0.2) is 38.7 Å². The average Bonchev–Trinajstić information content (AvgIpc) is 2.87. The molecule has 0 aliphatic heterocycles. The minimum absolute atomic E-state index is 0.0727. The second-order valence-electron chi connectivity index (χ2n) is 3.77. The standard InChI is InChI=1S/C12H11N3O4/c1-7-8(12(18)19-2)3-4-10(14-7)15-5-9(11(16)17)13-6-15/h3-6H,1-2H3,(H,16,17). The van der Waals surface area contributed by atoms with Crippen molar-refractivity contribution in [1.29, 1.82) is 0 Å². The quantitative estimate of drug-likeness (QED) is 0.830. The first-order valence-electron chi connectivity index (χ1n) is 5.36. The van der Waals surface area contributed by atoms with Crippen LogP contribution in [0.4, 0.5) is 0 Å². The molecule has 0 aromatic carbocycles. The van der Waals surface area contributed by atoms with E-state index in [2.05, 4.69) is 14.7 Å². The predicted molar refractivity (Wildman–Crippen MR) is 64.4 cm³/mol. The highest BCUT2D eigenvalue weighted by molar-refractivity contribution is 5.90. The van der Waals surface area contributed by atoms with Crippen molar-refractivity contribution in [3.63, 3.8) is 0 Å². The van der Waals surface area contributed by atoms with E-state index in [9.17, 15) is 9.59 Å². The summed E-state index contributed by atoms with van der Waals surface area (Å²) >= 11 is 0. The topological polar surface area (TPSA) is 94.3 Å². The van der Waals surface area contributed by atoms with E-state index in [1.54, 1.807) is 19.1 Å². The van der Waals surface area contributed by atoms with Gasteiger partial charge in [-0.25, -0.2) is 19.6 Å². The van der Waals surface area contributed by atoms with E-state index in [1.807, 2.05) is 0 Å². The molecule has 7 heteroatoms. The molecular formula is C12H11N3O4. The number of carbonyl (C=O) groups is 2. The monoisotopic (exact) mass is 261 g/mol. The Morgan fingerprint density at radius 2 is 2.11 bits per heavy atom. The Kier molecular flexibility index (Phi) is 3.28. The summed E-state index contributed by atoms with van der Waals surface area (Å²) in [5, 5.41) is 8.79. The van der Waals surface area contributed by atoms with Gasteiger partial charge >= 0.3 is 11.9 Å². The van der Waals surface area contributed by atoms with Crippen molar-refractivity contribution in [2.75, 3.05) is 7.11 Å². The normalized spacial score (nSPS) is 10.2. The summed E-state index contributed by atoms with van der Waals surface area (Å²) in [6.45, 7) is 1.67. The molecule has 1 N–H and O–H groups in total. The molecule has 98 valence electrons. The Morgan fingerprint density at radius 1 is 1.37 bits per heavy atom. The van der Waals surface area contributed by atoms with Crippen LogP contribution in [0, 0.1) is 6.92 Å². The third-order valence-corrected chi connectivity index (χ3v) is 2.54. The van der Waals surface area contributed by atoms with Crippen molar-refractivity contribution in [2.24, 2.45) is 0 Å². The number of carbonyl (C=O) groups excluding carboxylic acids is 1. The second-order valence-corrected chi connectivity index (χ2v) is 3.77. The molecule has 19 heavy (non-hydrogen) atoms. The van der Waals surface area contributed by atoms with Crippen LogP contribution in [0.3, 0.4) is 0 Å². The highest BCUT2D eigenvalue weighted by Crippen LogP contribution is 2.12. The second kappa shape index (κ2) is 4.89. The summed E-state index contributed by atoms with van der Waals surface area (Å²) < 4.78 is 6.09. The number of aromatic nitrogens is 3. The zero-order valence-corrected chi connectivity index (χ0v) is 10.3. The lowest BCUT2D eigenvalue weighted by molar-refractivity contribution is 0.0598. The molecule has 2 aromatic rings. The molecule has 0 saturated heterocycles. The molecule has 0 saturated carbocycles. The minimum atomic E-state index is -1.11. The van der Waals surface area contributed by atoms with E-state index in [1.165, 1.54) is 24.2 Å². The number of nitrogens with zero attached hydrogens (tertiary/aromatic N) is 3. The van der Waals surface area contributed by atoms with Gasteiger partial charge in [0.25, 0.3) is 0 Å². The molecule has 0 spiro atoms. The Morgan fingerprint density at radius 3 is 2.63 bits per heavy atom. The lowest BCUT2D eigenvalue weighted by Crippen LogP contribution is -2.07. The van der Waals surface area contributed by atoms with Crippen molar-refractivity contribution in [1.82, 2.24) is 14.5 Å². The van der Waals surface area contributed by atoms with Crippen LogP contribution in [0.5, 0.6) is 0 Å². The number of aromatic carboxylic acids is 1. The van der Waals surface area contributed by atoms with E-state index < -0.39 is 11.9 Å². The van der Waals surface area contributed by atoms with E-state index in [0.717, 1.165) is 0 Å². The average molecular weight is 261 g/mol. The van der Waals surface area contributed by atoms with Gasteiger partial charge in [0, 0.05) is 6.20 Å². The van der Waals surface area contributed by atoms with E-state index in [-0.39, 0.29) is 5.69 Å². The van der Waals surface area contributed by atoms with Crippen molar-refractivity contribution < 1.29 is 19.4 Å². The summed E-state index contributed by atoms with van der Waals surface area (Å²) in [6, 6.07) is 3.16. The first-order valence-corrected chi connectivity index (χ1v) is 5.36. The van der Waals surface area contributed by atoms with Gasteiger partial charge in [0.1, 0.15) is 12.1 Å². The number of hydrogen-bond donors (Lipinski definition) is 1. The van der Waals surface area contributed by atoms with E-state index in [0.29, 0.717) is 17.1 Å². The highest BCUT2D eigenvalue weighted by atomic mass is 16.5. The van der Waals surface area contributed by atoms with Gasteiger partial charge in [-0.3, -0.25) is 4.57 Å². The number of carboxylic acids is 1. The first kappa shape index (κ1) is 12.7. The molecule has 0 radical (unpaired) electrons. The minimum Gasteiger partial charge on any atom is -0.476 e. The van der Waals surface area contributed by atoms with Crippen molar-refractivity contribution in [3.8, 4) is 5.82 Å². The fourth-order valence-electron chi connectivity index (χ4n) is 1.58. The van der Waals surface area contributed by atoms with Crippen molar-refractivity contribution in [2.45, 2.75) is 6.92 Å². The van der Waals surface area contributed by atoms with E-state index in [4.69, 9.17) is 5.11 Å². The molecule has 0 bridgehead atoms. The third kappa shape index (κ3) is 2.44. The van der Waals surface area contributed by atoms with Gasteiger partial charge in [-0.2, -0.15) is 0 Å². The Labute approximate surface area is 108 Å². The molecule has 0 atom stereocenters. The number of imidazole rings is 1. The fraction of sp³-hybridized carbons (Fsp3) is 0.167. The van der Waals surface area contributed by atoms with Crippen LogP contribution in [0.25, 0.3) is 5.82 Å². The van der Waals surface area contributed by atoms with Gasteiger partial charge < -0.3 is 9.84 Å². The lowest BCUT2D eigenvalue weighted by Gasteiger charge is -2.06. The summed E-state index contributed by atoms with van der Waals surface area (Å²) in [4.78, 5) is 30.1. The molecule has 0 aliphatic carbocycles. The van der Waals surface area contributed by atoms with Crippen LogP contribution in [-0.2, 0) is 4.74 Å². The maximum absolute atomic E-state index is 11.4. The molecule has 2 aromatic heterocycles. The Hall–Kier alpha value is -2.70. The number of pyridine rings is 1. The Bertz CT molecular complexity index is 648. The SMILES string of the molecule is COC(=O)c1ccc(-n2cnc(C(=O)O)c2)nc1C. The zero-order chi connectivity index (χ0) is 14.0. The largest absolute Gasteiger partial charge is 0.476 e. The maximum Gasteiger partial charge on any atom is 0.356 e. The highest BCUT2D eigenvalue weighted by Gasteiger charge is 2.12. The molecule has 0 fully saturated rings. The van der Waals surface area contributed by atoms with Crippen LogP contribution in [0.1, 0.15) is 26.5 Å². The van der Waals surface area contributed by atoms with Crippen LogP contribution in [0.2, 0.25) is 0 Å². The number of aryl methyl sites for hydroxylation is 1. The molecule has 0 unspecified atom stereocenters. The van der Waals surface area contributed by atoms with Crippen molar-refractivity contribution in [3.05, 3.63) is 41.6 Å². The predicted octanol–water partition coefficient (Wildman–Crippen LogP) is 1.06. The smallest absolute Gasteiger partial charge is 0.356 e. The van der Waals surface area contributed by atoms with E-state index >= 15 is 0 Å². The number of rotatable bonds is 3. The summed E-state index contributed by atoms with van der Waals surface area (Å²) in [5.74, 6) is -1.10.